The highest BCUT2D eigenvalue weighted by molar-refractivity contribution is 6.35. The van der Waals surface area contributed by atoms with Crippen molar-refractivity contribution < 1.29 is 19.5 Å². The highest BCUT2D eigenvalue weighted by Crippen LogP contribution is 2.35. The first-order valence-electron chi connectivity index (χ1n) is 12.5. The number of nitrogens with one attached hydrogen (secondary N) is 2. The number of aromatic amines is 1. The summed E-state index contributed by atoms with van der Waals surface area (Å²) >= 11 is 0. The van der Waals surface area contributed by atoms with Crippen molar-refractivity contribution in [2.45, 2.75) is 32.7 Å². The number of likely N-dealkylation sites (tertiary alicyclic amines) is 1. The number of aromatic carboxylic acids is 1. The summed E-state index contributed by atoms with van der Waals surface area (Å²) in [5.41, 5.74) is 4.50. The minimum Gasteiger partial charge on any atom is -0.478 e. The highest BCUT2D eigenvalue weighted by atomic mass is 16.4. The van der Waals surface area contributed by atoms with Gasteiger partial charge in [-0.15, -0.1) is 0 Å². The van der Waals surface area contributed by atoms with Gasteiger partial charge < -0.3 is 25.2 Å². The zero-order valence-corrected chi connectivity index (χ0v) is 21.1. The summed E-state index contributed by atoms with van der Waals surface area (Å²) in [7, 11) is 2.17. The molecule has 0 aliphatic carbocycles. The normalized spacial score (nSPS) is 20.6. The number of hydrogen-bond donors (Lipinski definition) is 3. The van der Waals surface area contributed by atoms with Gasteiger partial charge in [0.05, 0.1) is 16.7 Å². The predicted octanol–water partition coefficient (Wildman–Crippen LogP) is 2.67. The van der Waals surface area contributed by atoms with Gasteiger partial charge in [-0.1, -0.05) is 0 Å². The van der Waals surface area contributed by atoms with Crippen molar-refractivity contribution in [2.24, 2.45) is 0 Å². The number of piperidine rings is 1. The monoisotopic (exact) mass is 491 g/mol. The van der Waals surface area contributed by atoms with Crippen LogP contribution in [-0.4, -0.2) is 94.9 Å². The topological polar surface area (TPSA) is 109 Å². The molecule has 0 radical (unpaired) electrons. The lowest BCUT2D eigenvalue weighted by molar-refractivity contribution is -0.110. The van der Waals surface area contributed by atoms with Gasteiger partial charge in [0.15, 0.2) is 0 Å². The van der Waals surface area contributed by atoms with Crippen LogP contribution in [0.5, 0.6) is 0 Å². The number of benzene rings is 1. The van der Waals surface area contributed by atoms with Gasteiger partial charge >= 0.3 is 5.97 Å². The van der Waals surface area contributed by atoms with E-state index in [4.69, 9.17) is 0 Å². The molecule has 9 nitrogen and oxygen atoms in total. The fourth-order valence-electron chi connectivity index (χ4n) is 5.66. The van der Waals surface area contributed by atoms with Crippen molar-refractivity contribution in [3.05, 3.63) is 51.8 Å². The second-order valence-corrected chi connectivity index (χ2v) is 10.1. The largest absolute Gasteiger partial charge is 0.478 e. The van der Waals surface area contributed by atoms with E-state index < -0.39 is 5.97 Å². The second kappa shape index (κ2) is 9.55. The molecule has 190 valence electrons. The Bertz CT molecular complexity index is 1250. The van der Waals surface area contributed by atoms with E-state index in [0.29, 0.717) is 47.2 Å². The van der Waals surface area contributed by atoms with Gasteiger partial charge in [-0.05, 0) is 76.7 Å². The third kappa shape index (κ3) is 4.44. The molecule has 4 heterocycles. The molecule has 0 saturated carbocycles. The molecule has 3 N–H and O–H groups in total. The summed E-state index contributed by atoms with van der Waals surface area (Å²) in [5.74, 6) is -1.33. The molecule has 2 fully saturated rings. The lowest BCUT2D eigenvalue weighted by atomic mass is 10.0. The number of carbonyl (C=O) groups is 3. The van der Waals surface area contributed by atoms with Crippen LogP contribution in [0.25, 0.3) is 11.6 Å². The van der Waals surface area contributed by atoms with Gasteiger partial charge in [-0.3, -0.25) is 14.5 Å². The van der Waals surface area contributed by atoms with Gasteiger partial charge in [0.25, 0.3) is 11.8 Å². The van der Waals surface area contributed by atoms with Crippen molar-refractivity contribution in [3.8, 4) is 0 Å². The number of rotatable bonds is 4. The number of aryl methyl sites for hydroxylation is 1. The van der Waals surface area contributed by atoms with E-state index in [1.807, 2.05) is 18.7 Å². The molecule has 0 unspecified atom stereocenters. The Morgan fingerprint density at radius 1 is 1.06 bits per heavy atom. The number of anilines is 1. The number of piperazine rings is 1. The molecule has 3 aliphatic heterocycles. The number of nitrogens with zero attached hydrogens (tertiary/aromatic N) is 3. The van der Waals surface area contributed by atoms with Crippen molar-refractivity contribution in [1.82, 2.24) is 19.7 Å². The molecule has 1 aromatic carbocycles. The van der Waals surface area contributed by atoms with Crippen LogP contribution in [0, 0.1) is 13.8 Å². The molecule has 2 aromatic rings. The Morgan fingerprint density at radius 3 is 2.42 bits per heavy atom. The summed E-state index contributed by atoms with van der Waals surface area (Å²) < 4.78 is 0. The molecule has 36 heavy (non-hydrogen) atoms. The van der Waals surface area contributed by atoms with Crippen molar-refractivity contribution in [3.63, 3.8) is 0 Å². The first kappa shape index (κ1) is 24.3. The number of aromatic nitrogens is 1. The maximum absolute atomic E-state index is 13.5. The molecule has 2 saturated heterocycles. The minimum absolute atomic E-state index is 0.0124. The maximum Gasteiger partial charge on any atom is 0.335 e. The minimum atomic E-state index is -1.05. The number of fused-ring (bicyclic) bond motifs is 1. The van der Waals surface area contributed by atoms with Crippen molar-refractivity contribution in [1.29, 1.82) is 0 Å². The molecule has 2 amide bonds. The Balaban J connectivity index is 1.34. The standard InChI is InChI=1S/C27H33N5O4/c1-16-23(15-21-20-14-18(27(35)36)4-5-22(20)29-25(21)33)28-17(2)24(16)26(34)32-12-10-31(11-13-32)19-6-8-30(3)9-7-19/h4-5,14-15,19,28H,6-13H2,1-3H3,(H,29,33)(H,35,36). The number of carboxylic acids is 1. The first-order valence-corrected chi connectivity index (χ1v) is 12.5. The Morgan fingerprint density at radius 2 is 1.75 bits per heavy atom. The van der Waals surface area contributed by atoms with Crippen LogP contribution in [0.3, 0.4) is 0 Å². The Labute approximate surface area is 210 Å². The number of H-pyrrole nitrogens is 1. The predicted molar refractivity (Wildman–Crippen MR) is 138 cm³/mol. The van der Waals surface area contributed by atoms with Gasteiger partial charge in [-0.25, -0.2) is 4.79 Å². The van der Waals surface area contributed by atoms with E-state index in [1.165, 1.54) is 25.0 Å². The van der Waals surface area contributed by atoms with Crippen molar-refractivity contribution >= 4 is 35.1 Å². The quantitative estimate of drug-likeness (QED) is 0.568. The molecular weight excluding hydrogens is 458 g/mol. The van der Waals surface area contributed by atoms with Crippen LogP contribution in [-0.2, 0) is 4.79 Å². The van der Waals surface area contributed by atoms with Crippen LogP contribution >= 0.6 is 0 Å². The smallest absolute Gasteiger partial charge is 0.335 e. The summed E-state index contributed by atoms with van der Waals surface area (Å²) in [6, 6.07) is 5.18. The van der Waals surface area contributed by atoms with Crippen molar-refractivity contribution in [2.75, 3.05) is 51.6 Å². The average molecular weight is 492 g/mol. The first-order chi connectivity index (χ1) is 17.2. The molecule has 3 aliphatic rings. The van der Waals surface area contributed by atoms with E-state index in [1.54, 1.807) is 12.1 Å². The lowest BCUT2D eigenvalue weighted by Gasteiger charge is -2.42. The van der Waals surface area contributed by atoms with E-state index in [-0.39, 0.29) is 17.4 Å². The zero-order valence-electron chi connectivity index (χ0n) is 21.1. The number of hydrogen-bond acceptors (Lipinski definition) is 5. The fraction of sp³-hybridized carbons (Fsp3) is 0.444. The number of carbonyl (C=O) groups excluding carboxylic acids is 2. The summed E-state index contributed by atoms with van der Waals surface area (Å²) in [6.07, 6.45) is 4.08. The number of amides is 2. The van der Waals surface area contributed by atoms with E-state index in [2.05, 4.69) is 27.1 Å². The van der Waals surface area contributed by atoms with Crippen LogP contribution < -0.4 is 5.32 Å². The molecule has 0 atom stereocenters. The van der Waals surface area contributed by atoms with Gasteiger partial charge in [0.1, 0.15) is 0 Å². The summed E-state index contributed by atoms with van der Waals surface area (Å²) in [4.78, 5) is 47.7. The fourth-order valence-corrected chi connectivity index (χ4v) is 5.66. The van der Waals surface area contributed by atoms with Gasteiger partial charge in [-0.2, -0.15) is 0 Å². The summed E-state index contributed by atoms with van der Waals surface area (Å²) in [6.45, 7) is 9.22. The number of carboxylic acid groups (broad SMARTS) is 1. The van der Waals surface area contributed by atoms with E-state index >= 15 is 0 Å². The SMILES string of the molecule is Cc1[nH]c(C=C2C(=O)Nc3ccc(C(=O)O)cc32)c(C)c1C(=O)N1CCN(C2CCN(C)CC2)CC1. The summed E-state index contributed by atoms with van der Waals surface area (Å²) in [5, 5.41) is 12.1. The molecule has 0 bridgehead atoms. The molecule has 5 rings (SSSR count). The van der Waals surface area contributed by atoms with Crippen LogP contribution in [0.1, 0.15) is 56.1 Å². The second-order valence-electron chi connectivity index (χ2n) is 10.1. The maximum atomic E-state index is 13.5. The Kier molecular flexibility index (Phi) is 6.44. The lowest BCUT2D eigenvalue weighted by Crippen LogP contribution is -2.54. The van der Waals surface area contributed by atoms with Gasteiger partial charge in [0.2, 0.25) is 0 Å². The van der Waals surface area contributed by atoms with Gasteiger partial charge in [0, 0.05) is 54.9 Å². The third-order valence-electron chi connectivity index (χ3n) is 7.83. The third-order valence-corrected chi connectivity index (χ3v) is 7.83. The van der Waals surface area contributed by atoms with Crippen LogP contribution in [0.15, 0.2) is 18.2 Å². The highest BCUT2D eigenvalue weighted by Gasteiger charge is 2.31. The molecule has 0 spiro atoms. The van der Waals surface area contributed by atoms with E-state index in [0.717, 1.165) is 37.4 Å². The molecule has 9 heteroatoms. The molecule has 1 aromatic heterocycles. The average Bonchev–Trinajstić information content (AvgIpc) is 3.33. The van der Waals surface area contributed by atoms with E-state index in [9.17, 15) is 19.5 Å². The van der Waals surface area contributed by atoms with Crippen LogP contribution in [0.2, 0.25) is 0 Å². The molecular formula is C27H33N5O4. The Hall–Kier alpha value is -3.43. The zero-order chi connectivity index (χ0) is 25.6. The van der Waals surface area contributed by atoms with Crippen LogP contribution in [0.4, 0.5) is 5.69 Å².